The van der Waals surface area contributed by atoms with Gasteiger partial charge < -0.3 is 10.6 Å². The second-order valence-corrected chi connectivity index (χ2v) is 5.39. The van der Waals surface area contributed by atoms with Gasteiger partial charge in [0.25, 0.3) is 0 Å². The van der Waals surface area contributed by atoms with E-state index in [0.717, 1.165) is 19.4 Å². The third-order valence-corrected chi connectivity index (χ3v) is 3.71. The van der Waals surface area contributed by atoms with Gasteiger partial charge >= 0.3 is 0 Å². The Labute approximate surface area is 113 Å². The molecule has 2 rings (SSSR count). The van der Waals surface area contributed by atoms with Crippen molar-refractivity contribution in [3.63, 3.8) is 0 Å². The SMILES string of the molecule is CC1CCNC(C(=O)NC(C)c2ccccc2F)C1. The smallest absolute Gasteiger partial charge is 0.237 e. The van der Waals surface area contributed by atoms with Crippen molar-refractivity contribution in [2.45, 2.75) is 38.8 Å². The first-order valence-corrected chi connectivity index (χ1v) is 6.86. The Morgan fingerprint density at radius 3 is 2.89 bits per heavy atom. The number of hydrogen-bond donors (Lipinski definition) is 2. The monoisotopic (exact) mass is 264 g/mol. The average Bonchev–Trinajstić information content (AvgIpc) is 2.39. The van der Waals surface area contributed by atoms with Gasteiger partial charge in [0.1, 0.15) is 5.82 Å². The number of piperidine rings is 1. The molecule has 0 aliphatic carbocycles. The zero-order valence-electron chi connectivity index (χ0n) is 11.4. The van der Waals surface area contributed by atoms with Gasteiger partial charge in [-0.1, -0.05) is 25.1 Å². The van der Waals surface area contributed by atoms with Crippen LogP contribution in [0.2, 0.25) is 0 Å². The average molecular weight is 264 g/mol. The molecular weight excluding hydrogens is 243 g/mol. The van der Waals surface area contributed by atoms with E-state index in [1.165, 1.54) is 6.07 Å². The molecule has 0 saturated carbocycles. The molecule has 3 unspecified atom stereocenters. The number of halogens is 1. The molecular formula is C15H21FN2O. The van der Waals surface area contributed by atoms with Crippen LogP contribution in [0.3, 0.4) is 0 Å². The highest BCUT2D eigenvalue weighted by Gasteiger charge is 2.25. The Kier molecular flexibility index (Phi) is 4.53. The van der Waals surface area contributed by atoms with Crippen molar-refractivity contribution in [2.24, 2.45) is 5.92 Å². The summed E-state index contributed by atoms with van der Waals surface area (Å²) in [4.78, 5) is 12.1. The van der Waals surface area contributed by atoms with Crippen molar-refractivity contribution >= 4 is 5.91 Å². The Bertz CT molecular complexity index is 450. The molecule has 104 valence electrons. The summed E-state index contributed by atoms with van der Waals surface area (Å²) in [6.07, 6.45) is 1.95. The largest absolute Gasteiger partial charge is 0.348 e. The van der Waals surface area contributed by atoms with Gasteiger partial charge in [0.15, 0.2) is 0 Å². The van der Waals surface area contributed by atoms with E-state index in [1.54, 1.807) is 18.2 Å². The van der Waals surface area contributed by atoms with E-state index >= 15 is 0 Å². The topological polar surface area (TPSA) is 41.1 Å². The van der Waals surface area contributed by atoms with Crippen LogP contribution in [-0.2, 0) is 4.79 Å². The second-order valence-electron chi connectivity index (χ2n) is 5.39. The Morgan fingerprint density at radius 1 is 1.47 bits per heavy atom. The van der Waals surface area contributed by atoms with Crippen LogP contribution >= 0.6 is 0 Å². The van der Waals surface area contributed by atoms with E-state index in [-0.39, 0.29) is 23.8 Å². The van der Waals surface area contributed by atoms with E-state index in [4.69, 9.17) is 0 Å². The van der Waals surface area contributed by atoms with Crippen molar-refractivity contribution in [3.8, 4) is 0 Å². The third kappa shape index (κ3) is 3.53. The molecule has 0 bridgehead atoms. The van der Waals surface area contributed by atoms with Crippen LogP contribution in [0.15, 0.2) is 24.3 Å². The summed E-state index contributed by atoms with van der Waals surface area (Å²) >= 11 is 0. The molecule has 2 N–H and O–H groups in total. The van der Waals surface area contributed by atoms with Crippen molar-refractivity contribution in [1.82, 2.24) is 10.6 Å². The highest BCUT2D eigenvalue weighted by atomic mass is 19.1. The fourth-order valence-electron chi connectivity index (χ4n) is 2.53. The molecule has 1 heterocycles. The minimum absolute atomic E-state index is 0.0395. The number of benzene rings is 1. The number of hydrogen-bond acceptors (Lipinski definition) is 2. The van der Waals surface area contributed by atoms with E-state index in [1.807, 2.05) is 6.92 Å². The van der Waals surface area contributed by atoms with Crippen LogP contribution in [0, 0.1) is 11.7 Å². The molecule has 1 aromatic carbocycles. The summed E-state index contributed by atoms with van der Waals surface area (Å²) in [6.45, 7) is 4.83. The summed E-state index contributed by atoms with van der Waals surface area (Å²) in [6, 6.07) is 6.08. The zero-order chi connectivity index (χ0) is 13.8. The summed E-state index contributed by atoms with van der Waals surface area (Å²) in [5, 5.41) is 6.10. The van der Waals surface area contributed by atoms with Crippen LogP contribution in [-0.4, -0.2) is 18.5 Å². The van der Waals surface area contributed by atoms with E-state index in [0.29, 0.717) is 11.5 Å². The van der Waals surface area contributed by atoms with Gasteiger partial charge in [-0.3, -0.25) is 4.79 Å². The van der Waals surface area contributed by atoms with Crippen LogP contribution < -0.4 is 10.6 Å². The molecule has 3 atom stereocenters. The van der Waals surface area contributed by atoms with Crippen LogP contribution in [0.1, 0.15) is 38.3 Å². The number of nitrogens with one attached hydrogen (secondary N) is 2. The highest BCUT2D eigenvalue weighted by molar-refractivity contribution is 5.82. The lowest BCUT2D eigenvalue weighted by Gasteiger charge is -2.28. The van der Waals surface area contributed by atoms with Crippen molar-refractivity contribution in [1.29, 1.82) is 0 Å². The predicted molar refractivity (Wildman–Crippen MR) is 73.1 cm³/mol. The number of carbonyl (C=O) groups excluding carboxylic acids is 1. The molecule has 1 aliphatic rings. The molecule has 3 nitrogen and oxygen atoms in total. The minimum Gasteiger partial charge on any atom is -0.348 e. The first kappa shape index (κ1) is 14.0. The van der Waals surface area contributed by atoms with Gasteiger partial charge in [-0.05, 0) is 38.3 Å². The summed E-state index contributed by atoms with van der Waals surface area (Å²) in [7, 11) is 0. The lowest BCUT2D eigenvalue weighted by Crippen LogP contribution is -2.48. The van der Waals surface area contributed by atoms with Gasteiger partial charge in [-0.25, -0.2) is 4.39 Å². The Balaban J connectivity index is 1.97. The summed E-state index contributed by atoms with van der Waals surface area (Å²) < 4.78 is 13.6. The Hall–Kier alpha value is -1.42. The van der Waals surface area contributed by atoms with Gasteiger partial charge in [-0.15, -0.1) is 0 Å². The Morgan fingerprint density at radius 2 is 2.21 bits per heavy atom. The molecule has 0 radical (unpaired) electrons. The van der Waals surface area contributed by atoms with Crippen molar-refractivity contribution in [3.05, 3.63) is 35.6 Å². The summed E-state index contributed by atoms with van der Waals surface area (Å²) in [5.41, 5.74) is 0.528. The van der Waals surface area contributed by atoms with E-state index in [2.05, 4.69) is 17.6 Å². The number of amides is 1. The molecule has 1 aromatic rings. The molecule has 1 fully saturated rings. The zero-order valence-corrected chi connectivity index (χ0v) is 11.4. The third-order valence-electron chi connectivity index (χ3n) is 3.71. The van der Waals surface area contributed by atoms with Crippen molar-refractivity contribution in [2.75, 3.05) is 6.54 Å². The number of carbonyl (C=O) groups is 1. The molecule has 19 heavy (non-hydrogen) atoms. The van der Waals surface area contributed by atoms with Gasteiger partial charge in [0.2, 0.25) is 5.91 Å². The normalized spacial score (nSPS) is 24.8. The molecule has 1 amide bonds. The molecule has 0 spiro atoms. The maximum Gasteiger partial charge on any atom is 0.237 e. The van der Waals surface area contributed by atoms with Gasteiger partial charge in [0.05, 0.1) is 12.1 Å². The maximum absolute atomic E-state index is 13.6. The van der Waals surface area contributed by atoms with Gasteiger partial charge in [0, 0.05) is 5.56 Å². The molecule has 1 saturated heterocycles. The van der Waals surface area contributed by atoms with Gasteiger partial charge in [-0.2, -0.15) is 0 Å². The standard InChI is InChI=1S/C15H21FN2O/c1-10-7-8-17-14(9-10)15(19)18-11(2)12-5-3-4-6-13(12)16/h3-6,10-11,14,17H,7-9H2,1-2H3,(H,18,19). The predicted octanol–water partition coefficient (Wildman–Crippen LogP) is 2.39. The van der Waals surface area contributed by atoms with E-state index < -0.39 is 0 Å². The lowest BCUT2D eigenvalue weighted by molar-refractivity contribution is -0.124. The molecule has 1 aliphatic heterocycles. The minimum atomic E-state index is -0.312. The lowest BCUT2D eigenvalue weighted by atomic mass is 9.93. The quantitative estimate of drug-likeness (QED) is 0.880. The highest BCUT2D eigenvalue weighted by Crippen LogP contribution is 2.18. The van der Waals surface area contributed by atoms with E-state index in [9.17, 15) is 9.18 Å². The first-order valence-electron chi connectivity index (χ1n) is 6.86. The maximum atomic E-state index is 13.6. The second kappa shape index (κ2) is 6.15. The number of rotatable bonds is 3. The fourth-order valence-corrected chi connectivity index (χ4v) is 2.53. The first-order chi connectivity index (χ1) is 9.08. The van der Waals surface area contributed by atoms with Crippen molar-refractivity contribution < 1.29 is 9.18 Å². The fraction of sp³-hybridized carbons (Fsp3) is 0.533. The van der Waals surface area contributed by atoms with Crippen LogP contribution in [0.4, 0.5) is 4.39 Å². The molecule has 4 heteroatoms. The van der Waals surface area contributed by atoms with Crippen LogP contribution in [0.5, 0.6) is 0 Å². The molecule has 0 aromatic heterocycles. The van der Waals surface area contributed by atoms with Crippen LogP contribution in [0.25, 0.3) is 0 Å². The summed E-state index contributed by atoms with van der Waals surface area (Å²) in [5.74, 6) is 0.239.